The summed E-state index contributed by atoms with van der Waals surface area (Å²) >= 11 is 0. The highest BCUT2D eigenvalue weighted by molar-refractivity contribution is 5.96. The van der Waals surface area contributed by atoms with E-state index in [-0.39, 0.29) is 5.69 Å². The lowest BCUT2D eigenvalue weighted by atomic mass is 10.3. The van der Waals surface area contributed by atoms with Crippen LogP contribution in [-0.2, 0) is 0 Å². The Hall–Kier alpha value is -1.98. The molecular formula is C9H11N5O. The molecule has 0 spiro atoms. The lowest BCUT2D eigenvalue weighted by Crippen LogP contribution is -2.13. The summed E-state index contributed by atoms with van der Waals surface area (Å²) in [4.78, 5) is 19.4. The van der Waals surface area contributed by atoms with Gasteiger partial charge in [0.1, 0.15) is 5.82 Å². The van der Waals surface area contributed by atoms with E-state index in [1.54, 1.807) is 6.92 Å². The number of aromatic nitrogens is 4. The van der Waals surface area contributed by atoms with Crippen LogP contribution in [-0.4, -0.2) is 25.5 Å². The Bertz CT molecular complexity index is 557. The smallest absolute Gasteiger partial charge is 0.271 e. The first-order chi connectivity index (χ1) is 7.00. The third kappa shape index (κ3) is 1.34. The van der Waals surface area contributed by atoms with Crippen LogP contribution >= 0.6 is 0 Å². The number of hydrogen-bond acceptors (Lipinski definition) is 4. The van der Waals surface area contributed by atoms with Crippen molar-refractivity contribution in [2.75, 3.05) is 0 Å². The fourth-order valence-electron chi connectivity index (χ4n) is 1.36. The number of nitrogens with two attached hydrogens (primary N) is 1. The van der Waals surface area contributed by atoms with E-state index >= 15 is 0 Å². The molecule has 6 heteroatoms. The van der Waals surface area contributed by atoms with Crippen molar-refractivity contribution >= 4 is 11.6 Å². The molecule has 0 aliphatic carbocycles. The zero-order valence-electron chi connectivity index (χ0n) is 8.77. The Kier molecular flexibility index (Phi) is 1.92. The van der Waals surface area contributed by atoms with Gasteiger partial charge in [0.2, 0.25) is 0 Å². The van der Waals surface area contributed by atoms with Gasteiger partial charge in [0.15, 0.2) is 11.3 Å². The Balaban J connectivity index is 2.88. The number of carbonyl (C=O) groups excluding carboxylic acids is 1. The second-order valence-electron chi connectivity index (χ2n) is 3.39. The van der Waals surface area contributed by atoms with E-state index in [2.05, 4.69) is 15.1 Å². The van der Waals surface area contributed by atoms with E-state index in [0.29, 0.717) is 11.5 Å². The van der Waals surface area contributed by atoms with Gasteiger partial charge < -0.3 is 5.73 Å². The van der Waals surface area contributed by atoms with Crippen LogP contribution in [0.15, 0.2) is 0 Å². The molecule has 0 saturated carbocycles. The minimum Gasteiger partial charge on any atom is -0.364 e. The van der Waals surface area contributed by atoms with Gasteiger partial charge in [-0.25, -0.2) is 9.97 Å². The van der Waals surface area contributed by atoms with Crippen LogP contribution in [0.25, 0.3) is 5.65 Å². The average molecular weight is 205 g/mol. The van der Waals surface area contributed by atoms with Crippen molar-refractivity contribution < 1.29 is 4.79 Å². The fraction of sp³-hybridized carbons (Fsp3) is 0.333. The third-order valence-electron chi connectivity index (χ3n) is 2.27. The number of rotatable bonds is 1. The van der Waals surface area contributed by atoms with Crippen LogP contribution < -0.4 is 5.73 Å². The Morgan fingerprint density at radius 2 is 1.87 bits per heavy atom. The van der Waals surface area contributed by atoms with E-state index in [4.69, 9.17) is 5.73 Å². The van der Waals surface area contributed by atoms with Gasteiger partial charge in [0.05, 0.1) is 11.4 Å². The monoisotopic (exact) mass is 205 g/mol. The quantitative estimate of drug-likeness (QED) is 0.717. The van der Waals surface area contributed by atoms with Crippen molar-refractivity contribution in [2.24, 2.45) is 5.73 Å². The van der Waals surface area contributed by atoms with Crippen LogP contribution in [0.1, 0.15) is 27.7 Å². The summed E-state index contributed by atoms with van der Waals surface area (Å²) < 4.78 is 1.53. The van der Waals surface area contributed by atoms with E-state index in [1.165, 1.54) is 4.52 Å². The Labute approximate surface area is 86.1 Å². The summed E-state index contributed by atoms with van der Waals surface area (Å²) in [6.45, 7) is 5.43. The molecule has 2 aromatic rings. The molecule has 2 heterocycles. The molecular weight excluding hydrogens is 194 g/mol. The predicted octanol–water partition coefficient (Wildman–Crippen LogP) is 0.148. The molecule has 0 bridgehead atoms. The SMILES string of the molecule is Cc1nc2c(C(N)=O)nc(C)n2nc1C. The van der Waals surface area contributed by atoms with Crippen molar-refractivity contribution in [2.45, 2.75) is 20.8 Å². The van der Waals surface area contributed by atoms with Crippen LogP contribution in [0.2, 0.25) is 0 Å². The third-order valence-corrected chi connectivity index (χ3v) is 2.27. The summed E-state index contributed by atoms with van der Waals surface area (Å²) in [5.41, 5.74) is 7.36. The maximum atomic E-state index is 11.1. The molecule has 2 N–H and O–H groups in total. The zero-order valence-corrected chi connectivity index (χ0v) is 8.77. The summed E-state index contributed by atoms with van der Waals surface area (Å²) in [5.74, 6) is 0.0209. The lowest BCUT2D eigenvalue weighted by Gasteiger charge is -2.00. The number of amides is 1. The number of fused-ring (bicyclic) bond motifs is 1. The van der Waals surface area contributed by atoms with Gasteiger partial charge in [-0.3, -0.25) is 4.79 Å². The summed E-state index contributed by atoms with van der Waals surface area (Å²) in [7, 11) is 0. The summed E-state index contributed by atoms with van der Waals surface area (Å²) in [5, 5.41) is 4.26. The molecule has 0 atom stereocenters. The topological polar surface area (TPSA) is 86.2 Å². The minimum atomic E-state index is -0.585. The average Bonchev–Trinajstić information content (AvgIpc) is 2.45. The van der Waals surface area contributed by atoms with Crippen molar-refractivity contribution in [1.29, 1.82) is 0 Å². The fourth-order valence-corrected chi connectivity index (χ4v) is 1.36. The maximum Gasteiger partial charge on any atom is 0.271 e. The number of nitrogens with zero attached hydrogens (tertiary/aromatic N) is 4. The van der Waals surface area contributed by atoms with Crippen LogP contribution in [0.4, 0.5) is 0 Å². The van der Waals surface area contributed by atoms with Crippen LogP contribution in [0, 0.1) is 20.8 Å². The molecule has 15 heavy (non-hydrogen) atoms. The first-order valence-electron chi connectivity index (χ1n) is 4.51. The molecule has 0 radical (unpaired) electrons. The van der Waals surface area contributed by atoms with Crippen LogP contribution in [0.3, 0.4) is 0 Å². The van der Waals surface area contributed by atoms with E-state index in [1.807, 2.05) is 13.8 Å². The second kappa shape index (κ2) is 3.01. The number of imidazole rings is 1. The number of carbonyl (C=O) groups is 1. The minimum absolute atomic E-state index is 0.170. The molecule has 0 aromatic carbocycles. The van der Waals surface area contributed by atoms with Crippen molar-refractivity contribution in [1.82, 2.24) is 19.6 Å². The second-order valence-corrected chi connectivity index (χ2v) is 3.39. The summed E-state index contributed by atoms with van der Waals surface area (Å²) in [6.07, 6.45) is 0. The number of aryl methyl sites for hydroxylation is 3. The molecule has 2 rings (SSSR count). The van der Waals surface area contributed by atoms with E-state index in [9.17, 15) is 4.79 Å². The molecule has 0 fully saturated rings. The normalized spacial score (nSPS) is 10.9. The Morgan fingerprint density at radius 1 is 1.20 bits per heavy atom. The predicted molar refractivity (Wildman–Crippen MR) is 53.5 cm³/mol. The van der Waals surface area contributed by atoms with Gasteiger partial charge in [-0.2, -0.15) is 9.61 Å². The number of primary amides is 1. The first-order valence-corrected chi connectivity index (χ1v) is 4.51. The standard InChI is InChI=1S/C9H11N5O/c1-4-5(2)13-14-6(3)12-7(8(10)15)9(14)11-4/h1-3H3,(H2,10,15). The molecule has 0 unspecified atom stereocenters. The zero-order chi connectivity index (χ0) is 11.2. The lowest BCUT2D eigenvalue weighted by molar-refractivity contribution is 0.0997. The van der Waals surface area contributed by atoms with Gasteiger partial charge in [-0.15, -0.1) is 0 Å². The van der Waals surface area contributed by atoms with Crippen molar-refractivity contribution in [3.8, 4) is 0 Å². The van der Waals surface area contributed by atoms with Crippen molar-refractivity contribution in [3.05, 3.63) is 22.9 Å². The number of hydrogen-bond donors (Lipinski definition) is 1. The summed E-state index contributed by atoms with van der Waals surface area (Å²) in [6, 6.07) is 0. The molecule has 6 nitrogen and oxygen atoms in total. The Morgan fingerprint density at radius 3 is 2.47 bits per heavy atom. The molecule has 1 amide bonds. The molecule has 0 aliphatic heterocycles. The highest BCUT2D eigenvalue weighted by atomic mass is 16.1. The molecule has 78 valence electrons. The maximum absolute atomic E-state index is 11.1. The van der Waals surface area contributed by atoms with E-state index in [0.717, 1.165) is 11.4 Å². The van der Waals surface area contributed by atoms with Crippen LogP contribution in [0.5, 0.6) is 0 Å². The van der Waals surface area contributed by atoms with Gasteiger partial charge >= 0.3 is 0 Å². The molecule has 0 saturated heterocycles. The van der Waals surface area contributed by atoms with Gasteiger partial charge in [-0.05, 0) is 20.8 Å². The van der Waals surface area contributed by atoms with E-state index < -0.39 is 5.91 Å². The van der Waals surface area contributed by atoms with Gasteiger partial charge in [0.25, 0.3) is 5.91 Å². The first kappa shape index (κ1) is 9.57. The highest BCUT2D eigenvalue weighted by Gasteiger charge is 2.16. The highest BCUT2D eigenvalue weighted by Crippen LogP contribution is 2.10. The van der Waals surface area contributed by atoms with Gasteiger partial charge in [0, 0.05) is 0 Å². The molecule has 0 aliphatic rings. The van der Waals surface area contributed by atoms with Gasteiger partial charge in [-0.1, -0.05) is 0 Å². The largest absolute Gasteiger partial charge is 0.364 e. The molecule has 2 aromatic heterocycles. The van der Waals surface area contributed by atoms with Crippen molar-refractivity contribution in [3.63, 3.8) is 0 Å².